The van der Waals surface area contributed by atoms with E-state index in [9.17, 15) is 0 Å². The van der Waals surface area contributed by atoms with Crippen LogP contribution >= 0.6 is 23.2 Å². The lowest BCUT2D eigenvalue weighted by atomic mass is 10.0. The largest absolute Gasteiger partial charge is 0.307 e. The third-order valence-corrected chi connectivity index (χ3v) is 4.13. The van der Waals surface area contributed by atoms with Gasteiger partial charge in [0.05, 0.1) is 10.0 Å². The predicted molar refractivity (Wildman–Crippen MR) is 68.1 cm³/mol. The Bertz CT molecular complexity index is 397. The number of nitrogens with one attached hydrogen (secondary N) is 1. The minimum atomic E-state index is 0.488. The molecule has 1 nitrogen and oxygen atoms in total. The zero-order valence-corrected chi connectivity index (χ0v) is 10.6. The van der Waals surface area contributed by atoms with Crippen LogP contribution in [0.15, 0.2) is 18.2 Å². The molecule has 1 aromatic carbocycles. The van der Waals surface area contributed by atoms with Crippen LogP contribution in [0.3, 0.4) is 0 Å². The molecule has 1 unspecified atom stereocenters. The maximum absolute atomic E-state index is 6.08. The van der Waals surface area contributed by atoms with E-state index in [-0.39, 0.29) is 0 Å². The molecule has 2 aliphatic carbocycles. The highest BCUT2D eigenvalue weighted by atomic mass is 35.5. The van der Waals surface area contributed by atoms with Crippen LogP contribution in [-0.4, -0.2) is 6.04 Å². The fraction of sp³-hybridized carbons (Fsp3) is 0.538. The van der Waals surface area contributed by atoms with E-state index >= 15 is 0 Å². The smallest absolute Gasteiger partial charge is 0.0595 e. The van der Waals surface area contributed by atoms with Crippen molar-refractivity contribution < 1.29 is 0 Å². The molecule has 2 fully saturated rings. The van der Waals surface area contributed by atoms with Gasteiger partial charge in [-0.2, -0.15) is 0 Å². The van der Waals surface area contributed by atoms with E-state index in [0.717, 1.165) is 12.0 Å². The molecule has 86 valence electrons. The Balaban J connectivity index is 1.82. The second-order valence-corrected chi connectivity index (χ2v) is 5.74. The first-order valence-electron chi connectivity index (χ1n) is 5.95. The second-order valence-electron chi connectivity index (χ2n) is 4.93. The van der Waals surface area contributed by atoms with Gasteiger partial charge in [0.2, 0.25) is 0 Å². The number of halogens is 2. The van der Waals surface area contributed by atoms with Gasteiger partial charge in [0, 0.05) is 12.1 Å². The lowest BCUT2D eigenvalue weighted by Gasteiger charge is -2.19. The summed E-state index contributed by atoms with van der Waals surface area (Å²) >= 11 is 12.0. The fourth-order valence-electron chi connectivity index (χ4n) is 2.14. The summed E-state index contributed by atoms with van der Waals surface area (Å²) in [7, 11) is 0. The summed E-state index contributed by atoms with van der Waals surface area (Å²) in [5.74, 6) is 0.804. The molecular weight excluding hydrogens is 241 g/mol. The quantitative estimate of drug-likeness (QED) is 0.851. The Kier molecular flexibility index (Phi) is 2.87. The van der Waals surface area contributed by atoms with E-state index < -0.39 is 0 Å². The molecule has 0 aromatic heterocycles. The topological polar surface area (TPSA) is 12.0 Å². The SMILES string of the molecule is Clc1ccc(C(NC2CC2)C2CC2)cc1Cl. The van der Waals surface area contributed by atoms with E-state index in [0.29, 0.717) is 16.1 Å². The average molecular weight is 256 g/mol. The standard InChI is InChI=1S/C13H15Cl2N/c14-11-6-3-9(7-12(11)15)13(8-1-2-8)16-10-4-5-10/h3,6-8,10,13,16H,1-2,4-5H2. The highest BCUT2D eigenvalue weighted by Gasteiger charge is 2.36. The molecule has 3 rings (SSSR count). The minimum Gasteiger partial charge on any atom is -0.307 e. The molecule has 16 heavy (non-hydrogen) atoms. The molecule has 0 amide bonds. The Labute approximate surface area is 106 Å². The third kappa shape index (κ3) is 2.37. The summed E-state index contributed by atoms with van der Waals surface area (Å²) in [5.41, 5.74) is 1.30. The fourth-order valence-corrected chi connectivity index (χ4v) is 2.45. The maximum atomic E-state index is 6.08. The van der Waals surface area contributed by atoms with Crippen LogP contribution in [-0.2, 0) is 0 Å². The van der Waals surface area contributed by atoms with Crippen LogP contribution < -0.4 is 5.32 Å². The molecule has 1 aromatic rings. The summed E-state index contributed by atoms with van der Waals surface area (Å²) in [6.07, 6.45) is 5.32. The van der Waals surface area contributed by atoms with Gasteiger partial charge in [-0.25, -0.2) is 0 Å². The Morgan fingerprint density at radius 1 is 1.06 bits per heavy atom. The average Bonchev–Trinajstić information content (AvgIpc) is 3.13. The summed E-state index contributed by atoms with van der Waals surface area (Å²) in [4.78, 5) is 0. The lowest BCUT2D eigenvalue weighted by Crippen LogP contribution is -2.25. The van der Waals surface area contributed by atoms with Crippen molar-refractivity contribution in [3.05, 3.63) is 33.8 Å². The Morgan fingerprint density at radius 2 is 1.81 bits per heavy atom. The lowest BCUT2D eigenvalue weighted by molar-refractivity contribution is 0.478. The van der Waals surface area contributed by atoms with Crippen LogP contribution in [0.1, 0.15) is 37.3 Å². The molecule has 2 saturated carbocycles. The summed E-state index contributed by atoms with van der Waals surface area (Å²) < 4.78 is 0. The molecule has 0 heterocycles. The van der Waals surface area contributed by atoms with Gasteiger partial charge in [-0.3, -0.25) is 0 Å². The molecule has 2 aliphatic rings. The van der Waals surface area contributed by atoms with Crippen molar-refractivity contribution in [1.82, 2.24) is 5.32 Å². The van der Waals surface area contributed by atoms with E-state index in [1.165, 1.54) is 31.2 Å². The van der Waals surface area contributed by atoms with Crippen LogP contribution in [0.25, 0.3) is 0 Å². The first-order chi connectivity index (χ1) is 7.74. The molecule has 0 spiro atoms. The second kappa shape index (κ2) is 4.21. The zero-order chi connectivity index (χ0) is 11.1. The molecule has 0 bridgehead atoms. The maximum Gasteiger partial charge on any atom is 0.0595 e. The number of hydrogen-bond donors (Lipinski definition) is 1. The molecular formula is C13H15Cl2N. The summed E-state index contributed by atoms with van der Waals surface area (Å²) in [5, 5.41) is 5.03. The van der Waals surface area contributed by atoms with E-state index in [1.54, 1.807) is 0 Å². The summed E-state index contributed by atoms with van der Waals surface area (Å²) in [6, 6.07) is 7.25. The third-order valence-electron chi connectivity index (χ3n) is 3.39. The number of benzene rings is 1. The van der Waals surface area contributed by atoms with Crippen LogP contribution in [0, 0.1) is 5.92 Å². The van der Waals surface area contributed by atoms with E-state index in [1.807, 2.05) is 12.1 Å². The van der Waals surface area contributed by atoms with Gasteiger partial charge in [0.15, 0.2) is 0 Å². The van der Waals surface area contributed by atoms with Gasteiger partial charge in [0.1, 0.15) is 0 Å². The number of hydrogen-bond acceptors (Lipinski definition) is 1. The van der Waals surface area contributed by atoms with Crippen molar-refractivity contribution in [3.63, 3.8) is 0 Å². The highest BCUT2D eigenvalue weighted by molar-refractivity contribution is 6.42. The normalized spacial score (nSPS) is 22.1. The Morgan fingerprint density at radius 3 is 2.38 bits per heavy atom. The molecule has 0 aliphatic heterocycles. The Hall–Kier alpha value is -0.240. The van der Waals surface area contributed by atoms with E-state index in [4.69, 9.17) is 23.2 Å². The van der Waals surface area contributed by atoms with Crippen LogP contribution in [0.2, 0.25) is 10.0 Å². The zero-order valence-electron chi connectivity index (χ0n) is 9.05. The van der Waals surface area contributed by atoms with Gasteiger partial charge < -0.3 is 5.32 Å². The van der Waals surface area contributed by atoms with Gasteiger partial charge >= 0.3 is 0 Å². The van der Waals surface area contributed by atoms with Crippen molar-refractivity contribution in [1.29, 1.82) is 0 Å². The van der Waals surface area contributed by atoms with Crippen molar-refractivity contribution in [3.8, 4) is 0 Å². The van der Waals surface area contributed by atoms with Crippen molar-refractivity contribution in [2.75, 3.05) is 0 Å². The highest BCUT2D eigenvalue weighted by Crippen LogP contribution is 2.43. The van der Waals surface area contributed by atoms with Gasteiger partial charge in [-0.15, -0.1) is 0 Å². The van der Waals surface area contributed by atoms with Crippen LogP contribution in [0.4, 0.5) is 0 Å². The number of rotatable bonds is 4. The summed E-state index contributed by atoms with van der Waals surface area (Å²) in [6.45, 7) is 0. The molecule has 0 saturated heterocycles. The molecule has 0 radical (unpaired) electrons. The van der Waals surface area contributed by atoms with Gasteiger partial charge in [-0.1, -0.05) is 29.3 Å². The molecule has 1 atom stereocenters. The molecule has 3 heteroatoms. The first-order valence-corrected chi connectivity index (χ1v) is 6.70. The van der Waals surface area contributed by atoms with E-state index in [2.05, 4.69) is 11.4 Å². The van der Waals surface area contributed by atoms with Gasteiger partial charge in [-0.05, 0) is 49.3 Å². The van der Waals surface area contributed by atoms with Crippen LogP contribution in [0.5, 0.6) is 0 Å². The minimum absolute atomic E-state index is 0.488. The van der Waals surface area contributed by atoms with Crippen molar-refractivity contribution >= 4 is 23.2 Å². The van der Waals surface area contributed by atoms with Crippen molar-refractivity contribution in [2.24, 2.45) is 5.92 Å². The van der Waals surface area contributed by atoms with Crippen molar-refractivity contribution in [2.45, 2.75) is 37.8 Å². The predicted octanol–water partition coefficient (Wildman–Crippen LogP) is 4.20. The monoisotopic (exact) mass is 255 g/mol. The van der Waals surface area contributed by atoms with Gasteiger partial charge in [0.25, 0.3) is 0 Å². The first kappa shape index (κ1) is 10.9. The molecule has 1 N–H and O–H groups in total.